The highest BCUT2D eigenvalue weighted by Gasteiger charge is 2.11. The van der Waals surface area contributed by atoms with Gasteiger partial charge in [-0.1, -0.05) is 12.1 Å². The highest BCUT2D eigenvalue weighted by molar-refractivity contribution is 7.13. The summed E-state index contributed by atoms with van der Waals surface area (Å²) >= 11 is 2.98. The fraction of sp³-hybridized carbons (Fsp3) is 0.100. The Morgan fingerprint density at radius 3 is 1.70 bits per heavy atom. The second-order valence-corrected chi connectivity index (χ2v) is 7.69. The van der Waals surface area contributed by atoms with Crippen LogP contribution in [-0.2, 0) is 32.3 Å². The first-order chi connectivity index (χ1) is 14.7. The van der Waals surface area contributed by atoms with Crippen LogP contribution in [0, 0.1) is 0 Å². The first-order valence-corrected chi connectivity index (χ1v) is 10.4. The van der Waals surface area contributed by atoms with Crippen molar-refractivity contribution >= 4 is 34.6 Å². The molecule has 0 bridgehead atoms. The molecule has 0 unspecified atom stereocenters. The Morgan fingerprint density at radius 2 is 1.30 bits per heavy atom. The molecule has 4 aromatic rings. The topological polar surface area (TPSA) is 105 Å². The third-order valence-corrected chi connectivity index (χ3v) is 5.36. The maximum atomic E-state index is 11.8. The lowest BCUT2D eigenvalue weighted by Crippen LogP contribution is -2.05. The predicted octanol–water partition coefficient (Wildman–Crippen LogP) is 4.46. The molecule has 30 heavy (non-hydrogen) atoms. The zero-order valence-corrected chi connectivity index (χ0v) is 17.0. The number of hydrogen-bond donors (Lipinski definition) is 0. The average molecular weight is 442 g/mol. The summed E-state index contributed by atoms with van der Waals surface area (Å²) in [6.45, 7) is -0.144. The quantitative estimate of drug-likeness (QED) is 0.291. The molecule has 0 aliphatic rings. The number of thiophene rings is 2. The van der Waals surface area contributed by atoms with E-state index in [2.05, 4.69) is 9.97 Å². The molecule has 4 aromatic heterocycles. The van der Waals surface area contributed by atoms with Crippen LogP contribution < -0.4 is 0 Å². The van der Waals surface area contributed by atoms with E-state index in [1.165, 1.54) is 35.2 Å². The van der Waals surface area contributed by atoms with Crippen molar-refractivity contribution in [2.75, 3.05) is 0 Å². The predicted molar refractivity (Wildman–Crippen MR) is 108 cm³/mol. The van der Waals surface area contributed by atoms with Crippen LogP contribution in [0.1, 0.15) is 11.4 Å². The van der Waals surface area contributed by atoms with Crippen molar-refractivity contribution in [2.45, 2.75) is 13.2 Å². The summed E-state index contributed by atoms with van der Waals surface area (Å²) in [6, 6.07) is 7.53. The Bertz CT molecular complexity index is 1050. The molecule has 0 radical (unpaired) electrons. The van der Waals surface area contributed by atoms with Gasteiger partial charge < -0.3 is 18.3 Å². The molecule has 8 nitrogen and oxygen atoms in total. The van der Waals surface area contributed by atoms with Crippen LogP contribution in [0.2, 0.25) is 0 Å². The smallest absolute Gasteiger partial charge is 0.331 e. The number of carbonyl (C=O) groups excluding carboxylic acids is 2. The van der Waals surface area contributed by atoms with Gasteiger partial charge in [-0.3, -0.25) is 0 Å². The van der Waals surface area contributed by atoms with E-state index in [1.54, 1.807) is 0 Å². The molecule has 0 aliphatic heterocycles. The Hall–Kier alpha value is -3.50. The lowest BCUT2D eigenvalue weighted by molar-refractivity contribution is -0.141. The van der Waals surface area contributed by atoms with Gasteiger partial charge >= 0.3 is 11.9 Å². The van der Waals surface area contributed by atoms with Crippen LogP contribution >= 0.6 is 22.7 Å². The van der Waals surface area contributed by atoms with Crippen LogP contribution in [-0.4, -0.2) is 21.9 Å². The molecule has 0 aromatic carbocycles. The van der Waals surface area contributed by atoms with Crippen molar-refractivity contribution in [1.82, 2.24) is 9.97 Å². The van der Waals surface area contributed by atoms with Crippen LogP contribution in [0.3, 0.4) is 0 Å². The monoisotopic (exact) mass is 442 g/mol. The van der Waals surface area contributed by atoms with Crippen molar-refractivity contribution in [3.8, 4) is 21.5 Å². The van der Waals surface area contributed by atoms with Gasteiger partial charge in [0.15, 0.2) is 0 Å². The van der Waals surface area contributed by atoms with E-state index in [-0.39, 0.29) is 13.2 Å². The molecule has 0 atom stereocenters. The SMILES string of the molecule is O=C(/C=C/C(=O)OCc1coc(-c2cccs2)n1)OCc1coc(-c2cccs2)n1. The first kappa shape index (κ1) is 19.8. The molecule has 0 amide bonds. The van der Waals surface area contributed by atoms with Gasteiger partial charge in [-0.15, -0.1) is 22.7 Å². The number of ether oxygens (including phenoxy) is 2. The normalized spacial score (nSPS) is 11.1. The van der Waals surface area contributed by atoms with Crippen molar-refractivity contribution < 1.29 is 27.9 Å². The molecule has 4 heterocycles. The number of hydrogen-bond acceptors (Lipinski definition) is 10. The fourth-order valence-corrected chi connectivity index (χ4v) is 3.61. The number of nitrogens with zero attached hydrogens (tertiary/aromatic N) is 2. The number of oxazole rings is 2. The Balaban J connectivity index is 1.21. The second kappa shape index (κ2) is 9.33. The van der Waals surface area contributed by atoms with E-state index < -0.39 is 11.9 Å². The van der Waals surface area contributed by atoms with Gasteiger partial charge in [0.05, 0.1) is 9.75 Å². The summed E-state index contributed by atoms with van der Waals surface area (Å²) in [6.07, 6.45) is 4.82. The molecule has 0 saturated heterocycles. The van der Waals surface area contributed by atoms with E-state index in [4.69, 9.17) is 18.3 Å². The third kappa shape index (κ3) is 5.10. The molecule has 152 valence electrons. The number of rotatable bonds is 8. The number of aromatic nitrogens is 2. The van der Waals surface area contributed by atoms with Crippen molar-refractivity contribution in [2.24, 2.45) is 0 Å². The fourth-order valence-electron chi connectivity index (χ4n) is 2.30. The van der Waals surface area contributed by atoms with Crippen molar-refractivity contribution in [3.05, 3.63) is 71.1 Å². The van der Waals surface area contributed by atoms with Gasteiger partial charge in [-0.2, -0.15) is 0 Å². The van der Waals surface area contributed by atoms with Gasteiger partial charge in [-0.25, -0.2) is 19.6 Å². The average Bonchev–Trinajstić information content (AvgIpc) is 3.56. The van der Waals surface area contributed by atoms with Gasteiger partial charge in [-0.05, 0) is 22.9 Å². The van der Waals surface area contributed by atoms with Gasteiger partial charge in [0.2, 0.25) is 11.8 Å². The highest BCUT2D eigenvalue weighted by atomic mass is 32.1. The molecular weight excluding hydrogens is 428 g/mol. The highest BCUT2D eigenvalue weighted by Crippen LogP contribution is 2.24. The van der Waals surface area contributed by atoms with Crippen molar-refractivity contribution in [1.29, 1.82) is 0 Å². The van der Waals surface area contributed by atoms with Crippen LogP contribution in [0.5, 0.6) is 0 Å². The zero-order valence-electron chi connectivity index (χ0n) is 15.3. The zero-order chi connectivity index (χ0) is 20.8. The standard InChI is InChI=1S/C20H14N2O6S2/c23-17(25-9-13-11-27-19(21-13)15-3-1-7-29-15)5-6-18(24)26-10-14-12-28-20(22-14)16-4-2-8-30-16/h1-8,11-12H,9-10H2/b6-5+. The van der Waals surface area contributed by atoms with Gasteiger partial charge in [0.25, 0.3) is 0 Å². The van der Waals surface area contributed by atoms with E-state index in [0.29, 0.717) is 23.2 Å². The minimum Gasteiger partial charge on any atom is -0.456 e. The summed E-state index contributed by atoms with van der Waals surface area (Å²) in [5.74, 6) is -0.474. The maximum absolute atomic E-state index is 11.8. The summed E-state index contributed by atoms with van der Waals surface area (Å²) in [5, 5.41) is 3.82. The molecule has 0 spiro atoms. The summed E-state index contributed by atoms with van der Waals surface area (Å²) in [7, 11) is 0. The van der Waals surface area contributed by atoms with Crippen molar-refractivity contribution in [3.63, 3.8) is 0 Å². The first-order valence-electron chi connectivity index (χ1n) is 8.65. The van der Waals surface area contributed by atoms with E-state index in [0.717, 1.165) is 21.9 Å². The van der Waals surface area contributed by atoms with Crippen LogP contribution in [0.15, 0.2) is 68.5 Å². The molecule has 4 rings (SSSR count). The molecule has 0 fully saturated rings. The minimum absolute atomic E-state index is 0.0719. The largest absolute Gasteiger partial charge is 0.456 e. The lowest BCUT2D eigenvalue weighted by atomic mass is 10.4. The Morgan fingerprint density at radius 1 is 0.833 bits per heavy atom. The van der Waals surface area contributed by atoms with Gasteiger partial charge in [0, 0.05) is 12.2 Å². The summed E-state index contributed by atoms with van der Waals surface area (Å²) in [5.41, 5.74) is 0.936. The number of esters is 2. The second-order valence-electron chi connectivity index (χ2n) is 5.79. The minimum atomic E-state index is -0.700. The van der Waals surface area contributed by atoms with E-state index >= 15 is 0 Å². The van der Waals surface area contributed by atoms with Crippen LogP contribution in [0.25, 0.3) is 21.5 Å². The molecule has 0 aliphatic carbocycles. The molecule has 10 heteroatoms. The summed E-state index contributed by atoms with van der Waals surface area (Å²) < 4.78 is 20.8. The number of carbonyl (C=O) groups is 2. The molecular formula is C20H14N2O6S2. The third-order valence-electron chi connectivity index (χ3n) is 3.65. The van der Waals surface area contributed by atoms with Gasteiger partial charge in [0.1, 0.15) is 37.1 Å². The maximum Gasteiger partial charge on any atom is 0.331 e. The summed E-state index contributed by atoms with van der Waals surface area (Å²) in [4.78, 5) is 33.8. The molecule has 0 saturated carbocycles. The Labute approximate surface area is 178 Å². The lowest BCUT2D eigenvalue weighted by Gasteiger charge is -1.99. The van der Waals surface area contributed by atoms with Crippen LogP contribution in [0.4, 0.5) is 0 Å². The van der Waals surface area contributed by atoms with E-state index in [1.807, 2.05) is 35.0 Å². The van der Waals surface area contributed by atoms with E-state index in [9.17, 15) is 9.59 Å². The Kier molecular flexibility index (Phi) is 6.16. The molecule has 0 N–H and O–H groups in total.